The van der Waals surface area contributed by atoms with Crippen LogP contribution in [-0.2, 0) is 6.42 Å². The summed E-state index contributed by atoms with van der Waals surface area (Å²) in [4.78, 5) is 16.0. The normalized spacial score (nSPS) is 10.2. The van der Waals surface area contributed by atoms with Gasteiger partial charge in [-0.1, -0.05) is 30.3 Å². The topological polar surface area (TPSA) is 30.0 Å². The Hall–Kier alpha value is -1.48. The van der Waals surface area contributed by atoms with Crippen molar-refractivity contribution in [2.75, 3.05) is 0 Å². The molecule has 2 aromatic rings. The van der Waals surface area contributed by atoms with Gasteiger partial charge in [-0.05, 0) is 12.5 Å². The van der Waals surface area contributed by atoms with E-state index in [0.717, 1.165) is 11.3 Å². The zero-order valence-electron chi connectivity index (χ0n) is 8.43. The van der Waals surface area contributed by atoms with Crippen LogP contribution >= 0.6 is 11.3 Å². The summed E-state index contributed by atoms with van der Waals surface area (Å²) in [7, 11) is 0. The number of Topliss-reactive ketones (excluding diaryl/α,β-unsaturated/α-hetero) is 1. The zero-order chi connectivity index (χ0) is 10.7. The van der Waals surface area contributed by atoms with E-state index >= 15 is 0 Å². The number of ketones is 1. The lowest BCUT2D eigenvalue weighted by Gasteiger charge is -1.97. The van der Waals surface area contributed by atoms with Crippen LogP contribution in [-0.4, -0.2) is 10.8 Å². The number of hydrogen-bond acceptors (Lipinski definition) is 3. The van der Waals surface area contributed by atoms with Crippen LogP contribution in [0.25, 0.3) is 0 Å². The SMILES string of the molecule is Cc1csc(C(=O)Cc2ccccc2)n1. The molecule has 0 fully saturated rings. The predicted molar refractivity (Wildman–Crippen MR) is 61.3 cm³/mol. The Labute approximate surface area is 92.6 Å². The number of carbonyl (C=O) groups is 1. The molecule has 0 aliphatic heterocycles. The van der Waals surface area contributed by atoms with E-state index in [-0.39, 0.29) is 5.78 Å². The van der Waals surface area contributed by atoms with Gasteiger partial charge in [-0.3, -0.25) is 4.79 Å². The molecule has 0 aliphatic carbocycles. The quantitative estimate of drug-likeness (QED) is 0.740. The number of carbonyl (C=O) groups excluding carboxylic acids is 1. The van der Waals surface area contributed by atoms with Crippen molar-refractivity contribution >= 4 is 17.1 Å². The minimum Gasteiger partial charge on any atom is -0.291 e. The van der Waals surface area contributed by atoms with Crippen molar-refractivity contribution < 1.29 is 4.79 Å². The van der Waals surface area contributed by atoms with Gasteiger partial charge in [0.05, 0.1) is 0 Å². The molecule has 76 valence electrons. The molecule has 0 unspecified atom stereocenters. The van der Waals surface area contributed by atoms with E-state index in [1.165, 1.54) is 11.3 Å². The summed E-state index contributed by atoms with van der Waals surface area (Å²) in [6.07, 6.45) is 0.438. The third kappa shape index (κ3) is 2.50. The number of rotatable bonds is 3. The van der Waals surface area contributed by atoms with Gasteiger partial charge in [-0.15, -0.1) is 11.3 Å². The molecule has 3 heteroatoms. The summed E-state index contributed by atoms with van der Waals surface area (Å²) < 4.78 is 0. The Balaban J connectivity index is 2.11. The lowest BCUT2D eigenvalue weighted by molar-refractivity contribution is 0.0992. The van der Waals surface area contributed by atoms with E-state index in [9.17, 15) is 4.79 Å². The van der Waals surface area contributed by atoms with Crippen molar-refractivity contribution in [2.45, 2.75) is 13.3 Å². The minimum absolute atomic E-state index is 0.0966. The lowest BCUT2D eigenvalue weighted by atomic mass is 10.1. The fourth-order valence-corrected chi connectivity index (χ4v) is 2.07. The van der Waals surface area contributed by atoms with Gasteiger partial charge in [-0.2, -0.15) is 0 Å². The van der Waals surface area contributed by atoms with Gasteiger partial charge in [-0.25, -0.2) is 4.98 Å². The van der Waals surface area contributed by atoms with Crippen molar-refractivity contribution in [1.82, 2.24) is 4.98 Å². The summed E-state index contributed by atoms with van der Waals surface area (Å²) in [5.41, 5.74) is 1.95. The summed E-state index contributed by atoms with van der Waals surface area (Å²) in [6, 6.07) is 9.74. The first-order chi connectivity index (χ1) is 7.25. The van der Waals surface area contributed by atoms with Crippen LogP contribution in [0.2, 0.25) is 0 Å². The first kappa shape index (κ1) is 10.1. The van der Waals surface area contributed by atoms with Crippen LogP contribution in [0.3, 0.4) is 0 Å². The van der Waals surface area contributed by atoms with E-state index in [1.807, 2.05) is 42.6 Å². The summed E-state index contributed by atoms with van der Waals surface area (Å²) in [6.45, 7) is 1.90. The van der Waals surface area contributed by atoms with Crippen molar-refractivity contribution in [3.05, 3.63) is 52.0 Å². The summed E-state index contributed by atoms with van der Waals surface area (Å²) in [5, 5.41) is 2.51. The van der Waals surface area contributed by atoms with Gasteiger partial charge in [0, 0.05) is 17.5 Å². The van der Waals surface area contributed by atoms with Crippen LogP contribution in [0.5, 0.6) is 0 Å². The number of aromatic nitrogens is 1. The smallest absolute Gasteiger partial charge is 0.195 e. The first-order valence-electron chi connectivity index (χ1n) is 4.75. The molecule has 0 bridgehead atoms. The molecule has 1 aromatic heterocycles. The Kier molecular flexibility index (Phi) is 2.92. The van der Waals surface area contributed by atoms with Crippen LogP contribution in [0.1, 0.15) is 21.1 Å². The molecule has 0 N–H and O–H groups in total. The van der Waals surface area contributed by atoms with Gasteiger partial charge >= 0.3 is 0 Å². The second kappa shape index (κ2) is 4.36. The van der Waals surface area contributed by atoms with E-state index in [2.05, 4.69) is 4.98 Å². The summed E-state index contributed by atoms with van der Waals surface area (Å²) in [5.74, 6) is 0.0966. The third-order valence-electron chi connectivity index (χ3n) is 2.07. The second-order valence-electron chi connectivity index (χ2n) is 3.38. The van der Waals surface area contributed by atoms with Crippen molar-refractivity contribution in [3.8, 4) is 0 Å². The zero-order valence-corrected chi connectivity index (χ0v) is 9.25. The molecule has 0 amide bonds. The molecule has 0 atom stereocenters. The Morgan fingerprint density at radius 3 is 2.67 bits per heavy atom. The van der Waals surface area contributed by atoms with E-state index < -0.39 is 0 Å². The van der Waals surface area contributed by atoms with Crippen molar-refractivity contribution in [3.63, 3.8) is 0 Å². The fourth-order valence-electron chi connectivity index (χ4n) is 1.34. The lowest BCUT2D eigenvalue weighted by Crippen LogP contribution is -2.02. The van der Waals surface area contributed by atoms with Gasteiger partial charge in [0.1, 0.15) is 0 Å². The first-order valence-corrected chi connectivity index (χ1v) is 5.63. The van der Waals surface area contributed by atoms with Crippen molar-refractivity contribution in [1.29, 1.82) is 0 Å². The Morgan fingerprint density at radius 1 is 1.33 bits per heavy atom. The molecular formula is C12H11NOS. The maximum Gasteiger partial charge on any atom is 0.195 e. The number of aryl methyl sites for hydroxylation is 1. The van der Waals surface area contributed by atoms with Gasteiger partial charge in [0.2, 0.25) is 0 Å². The molecule has 2 nitrogen and oxygen atoms in total. The number of benzene rings is 1. The van der Waals surface area contributed by atoms with Gasteiger partial charge in [0.15, 0.2) is 10.8 Å². The fraction of sp³-hybridized carbons (Fsp3) is 0.167. The average Bonchev–Trinajstić information content (AvgIpc) is 2.66. The van der Waals surface area contributed by atoms with Gasteiger partial charge in [0.25, 0.3) is 0 Å². The summed E-state index contributed by atoms with van der Waals surface area (Å²) >= 11 is 1.42. The van der Waals surface area contributed by atoms with E-state index in [4.69, 9.17) is 0 Å². The molecule has 0 spiro atoms. The van der Waals surface area contributed by atoms with Crippen molar-refractivity contribution in [2.24, 2.45) is 0 Å². The standard InChI is InChI=1S/C12H11NOS/c1-9-8-15-12(13-9)11(14)7-10-5-3-2-4-6-10/h2-6,8H,7H2,1H3. The second-order valence-corrected chi connectivity index (χ2v) is 4.24. The number of thiazole rings is 1. The molecule has 0 saturated carbocycles. The molecular weight excluding hydrogens is 206 g/mol. The van der Waals surface area contributed by atoms with Crippen LogP contribution in [0.15, 0.2) is 35.7 Å². The van der Waals surface area contributed by atoms with Crippen LogP contribution < -0.4 is 0 Å². The molecule has 0 aliphatic rings. The maximum atomic E-state index is 11.8. The highest BCUT2D eigenvalue weighted by Gasteiger charge is 2.10. The van der Waals surface area contributed by atoms with Gasteiger partial charge < -0.3 is 0 Å². The molecule has 2 rings (SSSR count). The van der Waals surface area contributed by atoms with E-state index in [0.29, 0.717) is 11.4 Å². The average molecular weight is 217 g/mol. The maximum absolute atomic E-state index is 11.8. The highest BCUT2D eigenvalue weighted by atomic mass is 32.1. The third-order valence-corrected chi connectivity index (χ3v) is 3.07. The minimum atomic E-state index is 0.0966. The number of nitrogens with zero attached hydrogens (tertiary/aromatic N) is 1. The number of hydrogen-bond donors (Lipinski definition) is 0. The molecule has 1 heterocycles. The molecule has 15 heavy (non-hydrogen) atoms. The van der Waals surface area contributed by atoms with Crippen LogP contribution in [0.4, 0.5) is 0 Å². The Morgan fingerprint density at radius 2 is 2.07 bits per heavy atom. The highest BCUT2D eigenvalue weighted by Crippen LogP contribution is 2.12. The monoisotopic (exact) mass is 217 g/mol. The molecule has 1 aromatic carbocycles. The largest absolute Gasteiger partial charge is 0.291 e. The Bertz CT molecular complexity index is 461. The molecule has 0 radical (unpaired) electrons. The molecule has 0 saturated heterocycles. The van der Waals surface area contributed by atoms with Crippen LogP contribution in [0, 0.1) is 6.92 Å². The highest BCUT2D eigenvalue weighted by molar-refractivity contribution is 7.11. The van der Waals surface area contributed by atoms with E-state index in [1.54, 1.807) is 0 Å². The predicted octanol–water partition coefficient (Wildman–Crippen LogP) is 2.88.